The van der Waals surface area contributed by atoms with Crippen LogP contribution < -0.4 is 5.38 Å². The normalized spacial score (nSPS) is 12.0. The lowest BCUT2D eigenvalue weighted by molar-refractivity contribution is 0.596. The third-order valence-corrected chi connectivity index (χ3v) is 3.66. The van der Waals surface area contributed by atoms with Crippen molar-refractivity contribution in [3.05, 3.63) is 17.9 Å². The molecule has 1 rings (SSSR count). The van der Waals surface area contributed by atoms with Gasteiger partial charge < -0.3 is 4.42 Å². The fraction of sp³-hybridized carbons (Fsp3) is 0.500. The molecule has 0 aliphatic rings. The van der Waals surface area contributed by atoms with Crippen LogP contribution in [0.25, 0.3) is 0 Å². The quantitative estimate of drug-likeness (QED) is 0.514. The van der Waals surface area contributed by atoms with Crippen LogP contribution in [0.1, 0.15) is 5.56 Å². The number of halogens is 1. The van der Waals surface area contributed by atoms with Crippen LogP contribution in [0.4, 0.5) is 0 Å². The van der Waals surface area contributed by atoms with Crippen molar-refractivity contribution in [3.8, 4) is 0 Å². The second-order valence-corrected chi connectivity index (χ2v) is 8.88. The topological polar surface area (TPSA) is 13.1 Å². The summed E-state index contributed by atoms with van der Waals surface area (Å²) in [6.45, 7) is 6.76. The second-order valence-electron chi connectivity index (χ2n) is 3.66. The molecule has 1 nitrogen and oxygen atoms in total. The van der Waals surface area contributed by atoms with Crippen molar-refractivity contribution in [2.24, 2.45) is 0 Å². The lowest BCUT2D eigenvalue weighted by atomic mass is 10.4. The highest BCUT2D eigenvalue weighted by atomic mass is 35.5. The molecule has 0 aromatic carbocycles. The highest BCUT2D eigenvalue weighted by molar-refractivity contribution is 6.88. The zero-order valence-corrected chi connectivity index (χ0v) is 8.90. The van der Waals surface area contributed by atoms with Gasteiger partial charge in [0.05, 0.1) is 17.5 Å². The lowest BCUT2D eigenvalue weighted by Gasteiger charge is -2.13. The maximum absolute atomic E-state index is 5.74. The summed E-state index contributed by atoms with van der Waals surface area (Å²) in [6.07, 6.45) is 1.73. The van der Waals surface area contributed by atoms with E-state index >= 15 is 0 Å². The Kier molecular flexibility index (Phi) is 2.45. The minimum absolute atomic E-state index is 0.566. The zero-order valence-electron chi connectivity index (χ0n) is 7.15. The summed E-state index contributed by atoms with van der Waals surface area (Å²) in [6, 6.07) is 1.96. The molecule has 0 aliphatic heterocycles. The molecule has 1 aromatic rings. The SMILES string of the molecule is C[Si](C)(C)c1occc1CCl. The Morgan fingerprint density at radius 3 is 2.45 bits per heavy atom. The monoisotopic (exact) mass is 188 g/mol. The molecule has 0 radical (unpaired) electrons. The van der Waals surface area contributed by atoms with E-state index in [2.05, 4.69) is 19.6 Å². The summed E-state index contributed by atoms with van der Waals surface area (Å²) >= 11 is 5.74. The van der Waals surface area contributed by atoms with Crippen LogP contribution >= 0.6 is 11.6 Å². The smallest absolute Gasteiger partial charge is 0.123 e. The molecule has 11 heavy (non-hydrogen) atoms. The summed E-state index contributed by atoms with van der Waals surface area (Å²) in [5.41, 5.74) is 1.16. The average Bonchev–Trinajstić information content (AvgIpc) is 2.31. The molecule has 0 unspecified atom stereocenters. The number of rotatable bonds is 2. The van der Waals surface area contributed by atoms with Crippen LogP contribution in [0.15, 0.2) is 16.7 Å². The van der Waals surface area contributed by atoms with Crippen LogP contribution in [0, 0.1) is 0 Å². The molecule has 3 heteroatoms. The predicted molar refractivity (Wildman–Crippen MR) is 51.2 cm³/mol. The summed E-state index contributed by atoms with van der Waals surface area (Å²) in [7, 11) is -1.30. The van der Waals surface area contributed by atoms with Gasteiger partial charge in [-0.2, -0.15) is 0 Å². The van der Waals surface area contributed by atoms with Gasteiger partial charge in [-0.15, -0.1) is 11.6 Å². The van der Waals surface area contributed by atoms with Crippen molar-refractivity contribution < 1.29 is 4.42 Å². The van der Waals surface area contributed by atoms with E-state index in [1.54, 1.807) is 6.26 Å². The van der Waals surface area contributed by atoms with Crippen LogP contribution in [0.3, 0.4) is 0 Å². The Bertz CT molecular complexity index is 236. The maximum atomic E-state index is 5.74. The van der Waals surface area contributed by atoms with Gasteiger partial charge in [-0.05, 0) is 6.07 Å². The van der Waals surface area contributed by atoms with Crippen LogP contribution in [0.5, 0.6) is 0 Å². The van der Waals surface area contributed by atoms with Crippen molar-refractivity contribution >= 4 is 25.1 Å². The summed E-state index contributed by atoms with van der Waals surface area (Å²) in [5.74, 6) is 0.566. The van der Waals surface area contributed by atoms with E-state index in [0.717, 1.165) is 10.9 Å². The molecular formula is C8H13ClOSi. The minimum atomic E-state index is -1.30. The van der Waals surface area contributed by atoms with E-state index in [4.69, 9.17) is 16.0 Å². The van der Waals surface area contributed by atoms with Crippen LogP contribution in [0.2, 0.25) is 19.6 Å². The molecule has 0 fully saturated rings. The van der Waals surface area contributed by atoms with Crippen molar-refractivity contribution in [2.45, 2.75) is 25.5 Å². The van der Waals surface area contributed by atoms with E-state index in [1.165, 1.54) is 0 Å². The number of furan rings is 1. The number of alkyl halides is 1. The first kappa shape index (κ1) is 8.88. The molecule has 62 valence electrons. The van der Waals surface area contributed by atoms with Crippen LogP contribution in [-0.2, 0) is 5.88 Å². The summed E-state index contributed by atoms with van der Waals surface area (Å²) in [4.78, 5) is 0. The van der Waals surface area contributed by atoms with E-state index in [1.807, 2.05) is 6.07 Å². The van der Waals surface area contributed by atoms with E-state index in [0.29, 0.717) is 5.88 Å². The number of hydrogen-bond donors (Lipinski definition) is 0. The molecule has 0 bridgehead atoms. The van der Waals surface area contributed by atoms with Crippen molar-refractivity contribution in [3.63, 3.8) is 0 Å². The fourth-order valence-electron chi connectivity index (χ4n) is 1.10. The molecule has 0 spiro atoms. The van der Waals surface area contributed by atoms with Gasteiger partial charge in [-0.3, -0.25) is 0 Å². The van der Waals surface area contributed by atoms with Crippen molar-refractivity contribution in [2.75, 3.05) is 0 Å². The van der Waals surface area contributed by atoms with Gasteiger partial charge in [0.15, 0.2) is 0 Å². The predicted octanol–water partition coefficient (Wildman–Crippen LogP) is 2.56. The fourth-order valence-corrected chi connectivity index (χ4v) is 2.98. The van der Waals surface area contributed by atoms with Crippen LogP contribution in [-0.4, -0.2) is 8.07 Å². The Labute approximate surface area is 73.4 Å². The Hall–Kier alpha value is -0.213. The first-order valence-electron chi connectivity index (χ1n) is 3.68. The van der Waals surface area contributed by atoms with E-state index in [-0.39, 0.29) is 0 Å². The highest BCUT2D eigenvalue weighted by Crippen LogP contribution is 2.09. The van der Waals surface area contributed by atoms with Gasteiger partial charge in [0.25, 0.3) is 0 Å². The van der Waals surface area contributed by atoms with Gasteiger partial charge in [-0.1, -0.05) is 19.6 Å². The molecular weight excluding hydrogens is 176 g/mol. The molecule has 0 amide bonds. The van der Waals surface area contributed by atoms with Gasteiger partial charge in [0.2, 0.25) is 0 Å². The Morgan fingerprint density at radius 1 is 1.45 bits per heavy atom. The molecule has 0 N–H and O–H groups in total. The lowest BCUT2D eigenvalue weighted by Crippen LogP contribution is -2.38. The minimum Gasteiger partial charge on any atom is -0.474 e. The highest BCUT2D eigenvalue weighted by Gasteiger charge is 2.23. The Balaban J connectivity index is 3.02. The second kappa shape index (κ2) is 3.03. The standard InChI is InChI=1S/C8H13ClOSi/c1-11(2,3)8-7(6-9)4-5-10-8/h4-5H,6H2,1-3H3. The summed E-state index contributed by atoms with van der Waals surface area (Å²) < 4.78 is 5.40. The molecule has 0 saturated carbocycles. The van der Waals surface area contributed by atoms with Gasteiger partial charge in [0.1, 0.15) is 8.07 Å². The Morgan fingerprint density at radius 2 is 2.09 bits per heavy atom. The van der Waals surface area contributed by atoms with Gasteiger partial charge >= 0.3 is 0 Å². The van der Waals surface area contributed by atoms with Crippen molar-refractivity contribution in [1.82, 2.24) is 0 Å². The largest absolute Gasteiger partial charge is 0.474 e. The number of hydrogen-bond acceptors (Lipinski definition) is 1. The zero-order chi connectivity index (χ0) is 8.48. The first-order valence-corrected chi connectivity index (χ1v) is 7.72. The molecule has 1 heterocycles. The van der Waals surface area contributed by atoms with Gasteiger partial charge in [-0.25, -0.2) is 0 Å². The van der Waals surface area contributed by atoms with E-state index in [9.17, 15) is 0 Å². The average molecular weight is 189 g/mol. The third-order valence-electron chi connectivity index (χ3n) is 1.57. The first-order chi connectivity index (χ1) is 5.05. The van der Waals surface area contributed by atoms with Crippen molar-refractivity contribution in [1.29, 1.82) is 0 Å². The molecule has 0 saturated heterocycles. The summed E-state index contributed by atoms with van der Waals surface area (Å²) in [5, 5.41) is 1.13. The third kappa shape index (κ3) is 1.88. The molecule has 1 aromatic heterocycles. The molecule has 0 atom stereocenters. The van der Waals surface area contributed by atoms with E-state index < -0.39 is 8.07 Å². The maximum Gasteiger partial charge on any atom is 0.123 e. The van der Waals surface area contributed by atoms with Gasteiger partial charge in [0, 0.05) is 5.56 Å². The molecule has 0 aliphatic carbocycles.